The molecule has 12 heteroatoms. The van der Waals surface area contributed by atoms with E-state index in [1.165, 1.54) is 11.8 Å². The number of benzene rings is 1. The number of aromatic nitrogens is 4. The van der Waals surface area contributed by atoms with Gasteiger partial charge in [-0.3, -0.25) is 4.79 Å². The summed E-state index contributed by atoms with van der Waals surface area (Å²) in [6.45, 7) is 6.31. The van der Waals surface area contributed by atoms with Crippen molar-refractivity contribution < 1.29 is 23.8 Å². The Kier molecular flexibility index (Phi) is 8.28. The molecule has 0 saturated carbocycles. The van der Waals surface area contributed by atoms with Crippen molar-refractivity contribution in [3.05, 3.63) is 28.8 Å². The summed E-state index contributed by atoms with van der Waals surface area (Å²) in [5.74, 6) is 1.28. The lowest BCUT2D eigenvalue weighted by Gasteiger charge is -2.10. The minimum Gasteiger partial charge on any atom is -0.493 e. The Morgan fingerprint density at radius 2 is 1.91 bits per heavy atom. The number of ether oxygens (including phenoxy) is 3. The number of nitrogens with zero attached hydrogens (tertiary/aromatic N) is 4. The molecule has 0 radical (unpaired) electrons. The number of amides is 1. The second-order valence-corrected chi connectivity index (χ2v) is 8.55. The molecule has 1 aromatic carbocycles. The van der Waals surface area contributed by atoms with Gasteiger partial charge in [0, 0.05) is 12.1 Å². The van der Waals surface area contributed by atoms with Crippen molar-refractivity contribution in [1.82, 2.24) is 19.7 Å². The van der Waals surface area contributed by atoms with E-state index < -0.39 is 5.97 Å². The molecule has 0 fully saturated rings. The molecule has 1 N–H and O–H groups in total. The lowest BCUT2D eigenvalue weighted by molar-refractivity contribution is -0.113. The molecule has 2 heterocycles. The lowest BCUT2D eigenvalue weighted by atomic mass is 10.2. The van der Waals surface area contributed by atoms with Gasteiger partial charge in [0.15, 0.2) is 27.6 Å². The zero-order chi connectivity index (χ0) is 24.0. The van der Waals surface area contributed by atoms with E-state index in [1.807, 2.05) is 29.7 Å². The molecule has 33 heavy (non-hydrogen) atoms. The normalized spacial score (nSPS) is 10.7. The van der Waals surface area contributed by atoms with Crippen LogP contribution in [0, 0.1) is 6.92 Å². The van der Waals surface area contributed by atoms with Crippen LogP contribution in [0.25, 0.3) is 11.4 Å². The van der Waals surface area contributed by atoms with Crippen LogP contribution in [0.4, 0.5) is 5.13 Å². The molecule has 0 aliphatic heterocycles. The first kappa shape index (κ1) is 24.5. The van der Waals surface area contributed by atoms with Crippen LogP contribution in [0.15, 0.2) is 23.4 Å². The number of rotatable bonds is 10. The monoisotopic (exact) mass is 491 g/mol. The molecule has 3 rings (SSSR count). The van der Waals surface area contributed by atoms with E-state index >= 15 is 0 Å². The van der Waals surface area contributed by atoms with E-state index in [0.29, 0.717) is 44.7 Å². The average molecular weight is 492 g/mol. The molecule has 0 aliphatic carbocycles. The highest BCUT2D eigenvalue weighted by Gasteiger charge is 2.19. The van der Waals surface area contributed by atoms with E-state index in [9.17, 15) is 9.59 Å². The Hall–Kier alpha value is -3.12. The number of nitrogens with one attached hydrogen (secondary N) is 1. The number of esters is 1. The van der Waals surface area contributed by atoms with Crippen LogP contribution >= 0.6 is 23.1 Å². The van der Waals surface area contributed by atoms with Crippen LogP contribution in [0.1, 0.15) is 29.2 Å². The molecule has 0 aliphatic rings. The molecule has 0 unspecified atom stereocenters. The molecule has 176 valence electrons. The molecule has 0 spiro atoms. The summed E-state index contributed by atoms with van der Waals surface area (Å²) in [5, 5.41) is 12.2. The quantitative estimate of drug-likeness (QED) is 0.335. The fourth-order valence-corrected chi connectivity index (χ4v) is 4.67. The summed E-state index contributed by atoms with van der Waals surface area (Å²) < 4.78 is 17.6. The number of anilines is 1. The number of hydrogen-bond donors (Lipinski definition) is 1. The summed E-state index contributed by atoms with van der Waals surface area (Å²) in [4.78, 5) is 29.0. The number of hydrogen-bond acceptors (Lipinski definition) is 10. The molecular weight excluding hydrogens is 466 g/mol. The Bertz CT molecular complexity index is 1140. The van der Waals surface area contributed by atoms with Crippen LogP contribution in [-0.4, -0.2) is 58.2 Å². The van der Waals surface area contributed by atoms with Gasteiger partial charge in [-0.2, -0.15) is 0 Å². The zero-order valence-electron chi connectivity index (χ0n) is 19.0. The first-order valence-electron chi connectivity index (χ1n) is 10.1. The number of thioether (sulfide) groups is 1. The van der Waals surface area contributed by atoms with Gasteiger partial charge in [-0.1, -0.05) is 23.1 Å². The van der Waals surface area contributed by atoms with Crippen LogP contribution < -0.4 is 14.8 Å². The third-order valence-electron chi connectivity index (χ3n) is 4.51. The zero-order valence-corrected chi connectivity index (χ0v) is 20.6. The minimum absolute atomic E-state index is 0.109. The number of aryl methyl sites for hydroxylation is 1. The second kappa shape index (κ2) is 11.1. The number of thiazole rings is 1. The van der Waals surface area contributed by atoms with Crippen molar-refractivity contribution in [3.8, 4) is 22.9 Å². The fourth-order valence-electron chi connectivity index (χ4n) is 2.99. The topological polar surface area (TPSA) is 117 Å². The predicted octanol–water partition coefficient (Wildman–Crippen LogP) is 3.65. The van der Waals surface area contributed by atoms with E-state index in [2.05, 4.69) is 20.5 Å². The molecule has 0 bridgehead atoms. The fraction of sp³-hybridized carbons (Fsp3) is 0.381. The van der Waals surface area contributed by atoms with Crippen LogP contribution in [0.3, 0.4) is 0 Å². The van der Waals surface area contributed by atoms with Crippen LogP contribution in [0.5, 0.6) is 11.5 Å². The van der Waals surface area contributed by atoms with Crippen molar-refractivity contribution in [1.29, 1.82) is 0 Å². The Balaban J connectivity index is 1.69. The Morgan fingerprint density at radius 1 is 1.15 bits per heavy atom. The van der Waals surface area contributed by atoms with E-state index in [0.717, 1.165) is 16.9 Å². The predicted molar refractivity (Wildman–Crippen MR) is 126 cm³/mol. The van der Waals surface area contributed by atoms with Crippen molar-refractivity contribution in [2.24, 2.45) is 0 Å². The largest absolute Gasteiger partial charge is 0.493 e. The summed E-state index contributed by atoms with van der Waals surface area (Å²) in [7, 11) is 3.16. The maximum absolute atomic E-state index is 12.5. The first-order valence-corrected chi connectivity index (χ1v) is 11.9. The highest BCUT2D eigenvalue weighted by molar-refractivity contribution is 7.99. The lowest BCUT2D eigenvalue weighted by Crippen LogP contribution is -2.14. The molecule has 2 aromatic heterocycles. The van der Waals surface area contributed by atoms with Gasteiger partial charge in [-0.05, 0) is 39.0 Å². The van der Waals surface area contributed by atoms with Gasteiger partial charge >= 0.3 is 5.97 Å². The van der Waals surface area contributed by atoms with Crippen LogP contribution in [-0.2, 0) is 16.1 Å². The van der Waals surface area contributed by atoms with E-state index in [1.54, 1.807) is 28.1 Å². The molecule has 0 atom stereocenters. The SMILES string of the molecule is CCOC(=O)c1sc(NC(=O)CSc2nnc(-c3ccc(OC)c(OC)c3)n2CC)nc1C. The van der Waals surface area contributed by atoms with Gasteiger partial charge in [0.1, 0.15) is 4.88 Å². The maximum atomic E-state index is 12.5. The Morgan fingerprint density at radius 3 is 2.58 bits per heavy atom. The number of carbonyl (C=O) groups is 2. The van der Waals surface area contributed by atoms with Gasteiger partial charge in [-0.15, -0.1) is 10.2 Å². The molecule has 0 saturated heterocycles. The third-order valence-corrected chi connectivity index (χ3v) is 6.53. The van der Waals surface area contributed by atoms with Gasteiger partial charge in [-0.25, -0.2) is 9.78 Å². The average Bonchev–Trinajstić information content (AvgIpc) is 3.39. The van der Waals surface area contributed by atoms with Crippen molar-refractivity contribution >= 4 is 40.1 Å². The molecular formula is C21H25N5O5S2. The van der Waals surface area contributed by atoms with Crippen molar-refractivity contribution in [2.75, 3.05) is 31.9 Å². The van der Waals surface area contributed by atoms with Crippen LogP contribution in [0.2, 0.25) is 0 Å². The highest BCUT2D eigenvalue weighted by atomic mass is 32.2. The van der Waals surface area contributed by atoms with Gasteiger partial charge in [0.25, 0.3) is 0 Å². The summed E-state index contributed by atoms with van der Waals surface area (Å²) in [6, 6.07) is 5.52. The number of carbonyl (C=O) groups excluding carboxylic acids is 2. The standard InChI is InChI=1S/C21H25N5O5S2/c1-6-26-18(13-8-9-14(29-4)15(10-13)30-5)24-25-21(26)32-11-16(27)23-20-22-12(3)17(33-20)19(28)31-7-2/h8-10H,6-7,11H2,1-5H3,(H,22,23,27). The Labute approximate surface area is 199 Å². The second-order valence-electron chi connectivity index (χ2n) is 6.61. The third kappa shape index (κ3) is 5.63. The highest BCUT2D eigenvalue weighted by Crippen LogP contribution is 2.33. The summed E-state index contributed by atoms with van der Waals surface area (Å²) in [6.07, 6.45) is 0. The summed E-state index contributed by atoms with van der Waals surface area (Å²) >= 11 is 2.36. The molecule has 3 aromatic rings. The molecule has 10 nitrogen and oxygen atoms in total. The molecule has 1 amide bonds. The van der Waals surface area contributed by atoms with Crippen molar-refractivity contribution in [2.45, 2.75) is 32.5 Å². The summed E-state index contributed by atoms with van der Waals surface area (Å²) in [5.41, 5.74) is 1.34. The maximum Gasteiger partial charge on any atom is 0.350 e. The van der Waals surface area contributed by atoms with Gasteiger partial charge < -0.3 is 24.1 Å². The van der Waals surface area contributed by atoms with Gasteiger partial charge in [0.2, 0.25) is 5.91 Å². The number of methoxy groups -OCH3 is 2. The first-order chi connectivity index (χ1) is 15.9. The van der Waals surface area contributed by atoms with Crippen molar-refractivity contribution in [3.63, 3.8) is 0 Å². The smallest absolute Gasteiger partial charge is 0.350 e. The van der Waals surface area contributed by atoms with Gasteiger partial charge in [0.05, 0.1) is 32.3 Å². The minimum atomic E-state index is -0.443. The van der Waals surface area contributed by atoms with E-state index in [-0.39, 0.29) is 18.3 Å². The van der Waals surface area contributed by atoms with E-state index in [4.69, 9.17) is 14.2 Å².